The molecular formula is C11H19N5O2. The average molecular weight is 253 g/mol. The molecule has 1 fully saturated rings. The Labute approximate surface area is 106 Å². The third kappa shape index (κ3) is 1.94. The van der Waals surface area contributed by atoms with Crippen molar-refractivity contribution in [2.24, 2.45) is 7.05 Å². The van der Waals surface area contributed by atoms with Crippen molar-refractivity contribution in [2.75, 3.05) is 25.0 Å². The zero-order valence-electron chi connectivity index (χ0n) is 11.2. The first-order valence-electron chi connectivity index (χ1n) is 6.08. The van der Waals surface area contributed by atoms with E-state index in [1.807, 2.05) is 25.8 Å². The summed E-state index contributed by atoms with van der Waals surface area (Å²) in [6.07, 6.45) is 0. The SMILES string of the molecule is CC(C)c1nn(C)c(N(C)C2CNC2)c1[N+](=O)[O-]. The normalized spacial score (nSPS) is 15.8. The monoisotopic (exact) mass is 253 g/mol. The number of nitro groups is 1. The molecule has 7 heteroatoms. The van der Waals surface area contributed by atoms with E-state index in [9.17, 15) is 10.1 Å². The summed E-state index contributed by atoms with van der Waals surface area (Å²) in [6.45, 7) is 5.56. The summed E-state index contributed by atoms with van der Waals surface area (Å²) in [7, 11) is 3.65. The van der Waals surface area contributed by atoms with Crippen molar-refractivity contribution in [1.29, 1.82) is 0 Å². The minimum atomic E-state index is -0.319. The van der Waals surface area contributed by atoms with Crippen LogP contribution < -0.4 is 10.2 Å². The minimum absolute atomic E-state index is 0.0401. The minimum Gasteiger partial charge on any atom is -0.349 e. The first-order chi connectivity index (χ1) is 8.43. The van der Waals surface area contributed by atoms with Crippen molar-refractivity contribution in [3.63, 3.8) is 0 Å². The Kier molecular flexibility index (Phi) is 3.25. The van der Waals surface area contributed by atoms with Gasteiger partial charge in [-0.1, -0.05) is 13.8 Å². The molecule has 0 spiro atoms. The van der Waals surface area contributed by atoms with Gasteiger partial charge in [0.05, 0.1) is 11.0 Å². The van der Waals surface area contributed by atoms with Crippen LogP contribution in [0.3, 0.4) is 0 Å². The average Bonchev–Trinajstić information content (AvgIpc) is 2.53. The van der Waals surface area contributed by atoms with Crippen LogP contribution in [-0.4, -0.2) is 40.9 Å². The number of rotatable bonds is 4. The van der Waals surface area contributed by atoms with Crippen molar-refractivity contribution in [3.05, 3.63) is 15.8 Å². The lowest BCUT2D eigenvalue weighted by Crippen LogP contribution is -2.56. The molecule has 1 aromatic heterocycles. The Balaban J connectivity index is 2.47. The number of likely N-dealkylation sites (N-methyl/N-ethyl adjacent to an activating group) is 1. The van der Waals surface area contributed by atoms with Crippen molar-refractivity contribution in [2.45, 2.75) is 25.8 Å². The molecule has 18 heavy (non-hydrogen) atoms. The lowest BCUT2D eigenvalue weighted by Gasteiger charge is -2.36. The van der Waals surface area contributed by atoms with Crippen molar-refractivity contribution in [1.82, 2.24) is 15.1 Å². The molecule has 0 aromatic carbocycles. The third-order valence-corrected chi connectivity index (χ3v) is 3.39. The molecule has 0 amide bonds. The van der Waals surface area contributed by atoms with Crippen LogP contribution >= 0.6 is 0 Å². The molecule has 0 aliphatic carbocycles. The summed E-state index contributed by atoms with van der Waals surface area (Å²) in [5, 5.41) is 18.8. The largest absolute Gasteiger partial charge is 0.349 e. The molecule has 0 saturated carbocycles. The standard InChI is InChI=1S/C11H19N5O2/c1-7(2)9-10(16(17)18)11(15(4)13-9)14(3)8-5-12-6-8/h7-8,12H,5-6H2,1-4H3. The Bertz CT molecular complexity index is 464. The summed E-state index contributed by atoms with van der Waals surface area (Å²) in [5.41, 5.74) is 0.693. The maximum Gasteiger partial charge on any atom is 0.334 e. The van der Waals surface area contributed by atoms with E-state index in [4.69, 9.17) is 0 Å². The molecule has 0 radical (unpaired) electrons. The zero-order chi connectivity index (χ0) is 13.4. The fourth-order valence-corrected chi connectivity index (χ4v) is 2.20. The smallest absolute Gasteiger partial charge is 0.334 e. The highest BCUT2D eigenvalue weighted by Crippen LogP contribution is 2.35. The zero-order valence-corrected chi connectivity index (χ0v) is 11.2. The van der Waals surface area contributed by atoms with Gasteiger partial charge in [-0.05, 0) is 0 Å². The van der Waals surface area contributed by atoms with E-state index in [0.29, 0.717) is 17.6 Å². The topological polar surface area (TPSA) is 76.2 Å². The van der Waals surface area contributed by atoms with Crippen LogP contribution in [0.15, 0.2) is 0 Å². The van der Waals surface area contributed by atoms with Crippen LogP contribution in [0, 0.1) is 10.1 Å². The van der Waals surface area contributed by atoms with E-state index < -0.39 is 0 Å². The van der Waals surface area contributed by atoms with E-state index in [1.165, 1.54) is 0 Å². The summed E-state index contributed by atoms with van der Waals surface area (Å²) < 4.78 is 1.62. The van der Waals surface area contributed by atoms with Crippen LogP contribution in [0.2, 0.25) is 0 Å². The predicted molar refractivity (Wildman–Crippen MR) is 69.0 cm³/mol. The van der Waals surface area contributed by atoms with E-state index in [1.54, 1.807) is 11.7 Å². The van der Waals surface area contributed by atoms with Gasteiger partial charge in [-0.3, -0.25) is 10.1 Å². The van der Waals surface area contributed by atoms with Crippen LogP contribution in [0.5, 0.6) is 0 Å². The molecule has 100 valence electrons. The lowest BCUT2D eigenvalue weighted by atomic mass is 10.1. The molecule has 0 atom stereocenters. The molecule has 1 aromatic rings. The van der Waals surface area contributed by atoms with E-state index >= 15 is 0 Å². The van der Waals surface area contributed by atoms with Crippen LogP contribution in [-0.2, 0) is 7.05 Å². The Morgan fingerprint density at radius 1 is 1.56 bits per heavy atom. The maximum atomic E-state index is 11.3. The first kappa shape index (κ1) is 12.8. The van der Waals surface area contributed by atoms with Gasteiger partial charge in [0, 0.05) is 33.1 Å². The highest BCUT2D eigenvalue weighted by Gasteiger charge is 2.34. The third-order valence-electron chi connectivity index (χ3n) is 3.39. The van der Waals surface area contributed by atoms with Gasteiger partial charge in [0.1, 0.15) is 5.69 Å². The van der Waals surface area contributed by atoms with Gasteiger partial charge in [0.2, 0.25) is 5.82 Å². The Hall–Kier alpha value is -1.63. The van der Waals surface area contributed by atoms with Gasteiger partial charge in [-0.25, -0.2) is 4.68 Å². The van der Waals surface area contributed by atoms with Gasteiger partial charge in [0.15, 0.2) is 0 Å². The molecule has 0 bridgehead atoms. The number of anilines is 1. The molecule has 7 nitrogen and oxygen atoms in total. The molecule has 0 unspecified atom stereocenters. The van der Waals surface area contributed by atoms with Gasteiger partial charge in [-0.2, -0.15) is 5.10 Å². The maximum absolute atomic E-state index is 11.3. The lowest BCUT2D eigenvalue weighted by molar-refractivity contribution is -0.385. The molecular weight excluding hydrogens is 234 g/mol. The second-order valence-corrected chi connectivity index (χ2v) is 5.02. The second-order valence-electron chi connectivity index (χ2n) is 5.02. The van der Waals surface area contributed by atoms with E-state index in [0.717, 1.165) is 13.1 Å². The summed E-state index contributed by atoms with van der Waals surface area (Å²) in [4.78, 5) is 12.9. The van der Waals surface area contributed by atoms with Crippen LogP contribution in [0.25, 0.3) is 0 Å². The number of hydrogen-bond acceptors (Lipinski definition) is 5. The number of nitrogens with one attached hydrogen (secondary N) is 1. The fraction of sp³-hybridized carbons (Fsp3) is 0.727. The second kappa shape index (κ2) is 4.56. The van der Waals surface area contributed by atoms with Gasteiger partial charge in [0.25, 0.3) is 0 Å². The fourth-order valence-electron chi connectivity index (χ4n) is 2.20. The number of hydrogen-bond donors (Lipinski definition) is 1. The highest BCUT2D eigenvalue weighted by atomic mass is 16.6. The summed E-state index contributed by atoms with van der Waals surface area (Å²) in [6, 6.07) is 0.305. The summed E-state index contributed by atoms with van der Waals surface area (Å²) in [5.74, 6) is 0.633. The van der Waals surface area contributed by atoms with Gasteiger partial charge >= 0.3 is 5.69 Å². The van der Waals surface area contributed by atoms with Crippen molar-refractivity contribution in [3.8, 4) is 0 Å². The predicted octanol–water partition coefficient (Wildman–Crippen LogP) is 0.860. The Morgan fingerprint density at radius 3 is 2.56 bits per heavy atom. The number of aromatic nitrogens is 2. The van der Waals surface area contributed by atoms with Gasteiger partial charge in [-0.15, -0.1) is 0 Å². The van der Waals surface area contributed by atoms with Crippen LogP contribution in [0.4, 0.5) is 11.5 Å². The highest BCUT2D eigenvalue weighted by molar-refractivity contribution is 5.62. The van der Waals surface area contributed by atoms with E-state index in [2.05, 4.69) is 10.4 Å². The molecule has 1 N–H and O–H groups in total. The molecule has 1 saturated heterocycles. The van der Waals surface area contributed by atoms with Crippen molar-refractivity contribution < 1.29 is 4.92 Å². The number of aryl methyl sites for hydroxylation is 1. The van der Waals surface area contributed by atoms with Crippen LogP contribution in [0.1, 0.15) is 25.5 Å². The Morgan fingerprint density at radius 2 is 2.17 bits per heavy atom. The first-order valence-corrected chi connectivity index (χ1v) is 6.08. The van der Waals surface area contributed by atoms with Crippen molar-refractivity contribution >= 4 is 11.5 Å². The number of nitrogens with zero attached hydrogens (tertiary/aromatic N) is 4. The van der Waals surface area contributed by atoms with E-state index in [-0.39, 0.29) is 16.5 Å². The molecule has 1 aliphatic heterocycles. The molecule has 2 rings (SSSR count). The van der Waals surface area contributed by atoms with Gasteiger partial charge < -0.3 is 10.2 Å². The quantitative estimate of drug-likeness (QED) is 0.636. The molecule has 2 heterocycles. The molecule has 1 aliphatic rings. The summed E-state index contributed by atoms with van der Waals surface area (Å²) >= 11 is 0.